The zero-order valence-corrected chi connectivity index (χ0v) is 26.4. The van der Waals surface area contributed by atoms with E-state index < -0.39 is 0 Å². The second-order valence-corrected chi connectivity index (χ2v) is 12.6. The lowest BCUT2D eigenvalue weighted by Crippen LogP contribution is -2.27. The highest BCUT2D eigenvalue weighted by atomic mass is 79.9. The molecule has 0 bridgehead atoms. The molecule has 4 heterocycles. The predicted molar refractivity (Wildman–Crippen MR) is 171 cm³/mol. The van der Waals surface area contributed by atoms with Crippen LogP contribution in [0.5, 0.6) is 0 Å². The Morgan fingerprint density at radius 2 is 1.16 bits per heavy atom. The molecule has 228 valence electrons. The van der Waals surface area contributed by atoms with Crippen LogP contribution >= 0.6 is 15.9 Å². The number of fused-ring (bicyclic) bond motifs is 2. The first-order valence-corrected chi connectivity index (χ1v) is 16.1. The molecule has 43 heavy (non-hydrogen) atoms. The average molecular weight is 652 g/mol. The second kappa shape index (κ2) is 13.4. The number of hydrogen-bond acceptors (Lipinski definition) is 6. The second-order valence-electron chi connectivity index (χ2n) is 11.7. The number of nitrogens with zero attached hydrogens (tertiary/aromatic N) is 2. The Morgan fingerprint density at radius 3 is 1.70 bits per heavy atom. The Morgan fingerprint density at radius 1 is 0.674 bits per heavy atom. The minimum Gasteiger partial charge on any atom is -0.348 e. The van der Waals surface area contributed by atoms with E-state index in [4.69, 9.17) is 18.9 Å². The van der Waals surface area contributed by atoms with Crippen LogP contribution in [0.3, 0.4) is 0 Å². The normalized spacial score (nSPS) is 18.4. The minimum atomic E-state index is -0.331. The Kier molecular flexibility index (Phi) is 9.45. The fourth-order valence-corrected chi connectivity index (χ4v) is 6.83. The molecule has 0 atom stereocenters. The number of rotatable bonds is 5. The van der Waals surface area contributed by atoms with E-state index in [-0.39, 0.29) is 23.7 Å². The van der Waals surface area contributed by atoms with Crippen LogP contribution in [-0.2, 0) is 32.0 Å². The van der Waals surface area contributed by atoms with Gasteiger partial charge in [-0.05, 0) is 67.5 Å². The van der Waals surface area contributed by atoms with Crippen molar-refractivity contribution < 1.29 is 18.9 Å². The van der Waals surface area contributed by atoms with E-state index >= 15 is 0 Å². The lowest BCUT2D eigenvalue weighted by molar-refractivity contribution is -0.0525. The van der Waals surface area contributed by atoms with Gasteiger partial charge < -0.3 is 28.1 Å². The van der Waals surface area contributed by atoms with Gasteiger partial charge in [0.2, 0.25) is 0 Å². The van der Waals surface area contributed by atoms with Crippen molar-refractivity contribution in [3.8, 4) is 0 Å². The first kappa shape index (κ1) is 30.2. The smallest absolute Gasteiger partial charge is 0.251 e. The van der Waals surface area contributed by atoms with E-state index in [9.17, 15) is 9.59 Å². The summed E-state index contributed by atoms with van der Waals surface area (Å²) in [7, 11) is 0. The molecule has 9 heteroatoms. The van der Waals surface area contributed by atoms with Crippen LogP contribution in [-0.4, -0.2) is 48.1 Å². The lowest BCUT2D eigenvalue weighted by atomic mass is 9.83. The molecule has 8 nitrogen and oxygen atoms in total. The molecule has 7 rings (SSSR count). The molecule has 2 aromatic carbocycles. The van der Waals surface area contributed by atoms with Crippen molar-refractivity contribution in [2.45, 2.75) is 77.5 Å². The van der Waals surface area contributed by atoms with Gasteiger partial charge in [-0.15, -0.1) is 0 Å². The Balaban J connectivity index is 0.000000157. The number of ether oxygens (including phenoxy) is 4. The molecule has 0 amide bonds. The SMILES string of the molecule is Cc1cc(=O)n(CC2OCCO2)c2cc(Br)ccc12.Cc1cc(=O)n(CC2OCCO2)c2cc(C3CCCCC3)ccc12. The molecule has 2 aromatic heterocycles. The molecular weight excluding hydrogens is 612 g/mol. The summed E-state index contributed by atoms with van der Waals surface area (Å²) in [5.41, 5.74) is 5.31. The van der Waals surface area contributed by atoms with Crippen LogP contribution < -0.4 is 11.1 Å². The molecule has 3 fully saturated rings. The van der Waals surface area contributed by atoms with Crippen molar-refractivity contribution in [1.29, 1.82) is 0 Å². The highest BCUT2D eigenvalue weighted by Crippen LogP contribution is 2.34. The Hall–Kier alpha value is -2.82. The van der Waals surface area contributed by atoms with Crippen LogP contribution in [0.25, 0.3) is 21.8 Å². The van der Waals surface area contributed by atoms with Crippen molar-refractivity contribution in [2.24, 2.45) is 0 Å². The molecular formula is C34H39BrN2O6. The van der Waals surface area contributed by atoms with E-state index in [0.717, 1.165) is 37.4 Å². The molecule has 0 spiro atoms. The summed E-state index contributed by atoms with van der Waals surface area (Å²) in [6.45, 7) is 7.24. The number of aryl methyl sites for hydroxylation is 2. The summed E-state index contributed by atoms with van der Waals surface area (Å²) in [4.78, 5) is 24.8. The van der Waals surface area contributed by atoms with Crippen molar-refractivity contribution in [1.82, 2.24) is 9.13 Å². The standard InChI is InChI=1S/C20H25NO3.C14H14BrNO3/c1-14-11-19(22)21(13-20-23-9-10-24-20)18-12-16(7-8-17(14)18)15-5-3-2-4-6-15;1-9-6-13(17)16(8-14-18-4-5-19-14)12-7-10(15)2-3-11(9)12/h7-8,11-12,15,20H,2-6,9-10,13H2,1H3;2-3,6-7,14H,4-5,8H2,1H3. The number of benzene rings is 2. The highest BCUT2D eigenvalue weighted by molar-refractivity contribution is 9.10. The highest BCUT2D eigenvalue weighted by Gasteiger charge is 2.21. The summed E-state index contributed by atoms with van der Waals surface area (Å²) in [5, 5.41) is 2.22. The maximum atomic E-state index is 12.6. The van der Waals surface area contributed by atoms with Gasteiger partial charge >= 0.3 is 0 Å². The summed E-state index contributed by atoms with van der Waals surface area (Å²) in [6.07, 6.45) is 5.85. The number of aromatic nitrogens is 2. The molecule has 2 aliphatic heterocycles. The third-order valence-corrected chi connectivity index (χ3v) is 9.24. The van der Waals surface area contributed by atoms with Crippen molar-refractivity contribution >= 4 is 37.7 Å². The van der Waals surface area contributed by atoms with Crippen LogP contribution in [0.1, 0.15) is 54.7 Å². The summed E-state index contributed by atoms with van der Waals surface area (Å²) >= 11 is 3.45. The number of halogens is 1. The van der Waals surface area contributed by atoms with Gasteiger partial charge in [0.1, 0.15) is 0 Å². The van der Waals surface area contributed by atoms with Gasteiger partial charge in [0.25, 0.3) is 11.1 Å². The topological polar surface area (TPSA) is 80.9 Å². The number of hydrogen-bond donors (Lipinski definition) is 0. The van der Waals surface area contributed by atoms with E-state index in [1.54, 1.807) is 16.7 Å². The number of pyridine rings is 2. The van der Waals surface area contributed by atoms with E-state index in [0.29, 0.717) is 45.4 Å². The zero-order chi connectivity index (χ0) is 29.9. The van der Waals surface area contributed by atoms with E-state index in [1.807, 2.05) is 36.6 Å². The van der Waals surface area contributed by atoms with Gasteiger partial charge in [0, 0.05) is 27.4 Å². The quantitative estimate of drug-likeness (QED) is 0.257. The Labute approximate surface area is 259 Å². The zero-order valence-electron chi connectivity index (χ0n) is 24.9. The fraction of sp³-hybridized carbons (Fsp3) is 0.471. The van der Waals surface area contributed by atoms with E-state index in [1.165, 1.54) is 37.7 Å². The van der Waals surface area contributed by atoms with Gasteiger partial charge in [-0.2, -0.15) is 0 Å². The van der Waals surface area contributed by atoms with Crippen LogP contribution in [0.15, 0.2) is 62.6 Å². The predicted octanol–water partition coefficient (Wildman–Crippen LogP) is 6.18. The van der Waals surface area contributed by atoms with E-state index in [2.05, 4.69) is 34.1 Å². The van der Waals surface area contributed by atoms with Crippen molar-refractivity contribution in [2.75, 3.05) is 26.4 Å². The maximum absolute atomic E-state index is 12.6. The third kappa shape index (κ3) is 6.81. The van der Waals surface area contributed by atoms with Crippen molar-refractivity contribution in [3.05, 3.63) is 90.4 Å². The molecule has 3 aliphatic rings. The maximum Gasteiger partial charge on any atom is 0.251 e. The lowest BCUT2D eigenvalue weighted by Gasteiger charge is -2.23. The molecule has 1 saturated carbocycles. The molecule has 1 aliphatic carbocycles. The van der Waals surface area contributed by atoms with Crippen LogP contribution in [0.4, 0.5) is 0 Å². The third-order valence-electron chi connectivity index (χ3n) is 8.75. The van der Waals surface area contributed by atoms with Gasteiger partial charge in [-0.1, -0.05) is 53.4 Å². The first-order chi connectivity index (χ1) is 20.9. The average Bonchev–Trinajstić information content (AvgIpc) is 3.73. The largest absolute Gasteiger partial charge is 0.348 e. The first-order valence-electron chi connectivity index (χ1n) is 15.3. The van der Waals surface area contributed by atoms with Gasteiger partial charge in [0.15, 0.2) is 12.6 Å². The van der Waals surface area contributed by atoms with Gasteiger partial charge in [-0.3, -0.25) is 9.59 Å². The molecule has 0 radical (unpaired) electrons. The molecule has 0 unspecified atom stereocenters. The Bertz CT molecular complexity index is 1710. The minimum absolute atomic E-state index is 0.0257. The van der Waals surface area contributed by atoms with Gasteiger partial charge in [0.05, 0.1) is 50.6 Å². The summed E-state index contributed by atoms with van der Waals surface area (Å²) in [6, 6.07) is 16.0. The van der Waals surface area contributed by atoms with Crippen LogP contribution in [0, 0.1) is 13.8 Å². The van der Waals surface area contributed by atoms with Crippen LogP contribution in [0.2, 0.25) is 0 Å². The monoisotopic (exact) mass is 650 g/mol. The van der Waals surface area contributed by atoms with Crippen molar-refractivity contribution in [3.63, 3.8) is 0 Å². The molecule has 2 saturated heterocycles. The van der Waals surface area contributed by atoms with Gasteiger partial charge in [-0.25, -0.2) is 0 Å². The summed E-state index contributed by atoms with van der Waals surface area (Å²) in [5.74, 6) is 0.631. The molecule has 0 N–H and O–H groups in total. The molecule has 4 aromatic rings. The summed E-state index contributed by atoms with van der Waals surface area (Å²) < 4.78 is 26.5. The fourth-order valence-electron chi connectivity index (χ4n) is 6.48.